The van der Waals surface area contributed by atoms with Crippen molar-refractivity contribution >= 4 is 0 Å². The molecule has 0 saturated heterocycles. The minimum Gasteiger partial charge on any atom is -0.235 e. The molecule has 32 valence electrons. The molecule has 5 heavy (non-hydrogen) atoms. The Labute approximate surface area is 38.9 Å². The Hall–Kier alpha value is -0.281. The fourth-order valence-corrected chi connectivity index (χ4v) is 0. The monoisotopic (exact) mass is 118 g/mol. The van der Waals surface area contributed by atoms with Crippen LogP contribution in [0.3, 0.4) is 0 Å². The number of nitrogens with two attached hydrogens (primary N) is 1. The summed E-state index contributed by atoms with van der Waals surface area (Å²) in [5.41, 5.74) is 0. The van der Waals surface area contributed by atoms with Crippen molar-refractivity contribution in [3.05, 3.63) is 10.1 Å². The molecule has 2 N–H and O–H groups in total. The Bertz CT molecular complexity index is 30.6. The minimum atomic E-state index is -1.00. The first-order chi connectivity index (χ1) is 1.73. The van der Waals surface area contributed by atoms with Crippen LogP contribution in [-0.2, 0) is 17.1 Å². The zero-order valence-electron chi connectivity index (χ0n) is 2.19. The standard InChI is InChI=1S/Fe.H2N2O2/c;1-2(3)4/h;1H2. The van der Waals surface area contributed by atoms with Gasteiger partial charge in [-0.2, -0.15) is 5.84 Å². The van der Waals surface area contributed by atoms with Crippen LogP contribution in [0.25, 0.3) is 0 Å². The van der Waals surface area contributed by atoms with E-state index in [1.165, 1.54) is 0 Å². The van der Waals surface area contributed by atoms with E-state index in [4.69, 9.17) is 10.1 Å². The third-order valence-corrected chi connectivity index (χ3v) is 0. The second kappa shape index (κ2) is 3.72. The molecule has 0 saturated carbocycles. The van der Waals surface area contributed by atoms with Crippen molar-refractivity contribution in [2.24, 2.45) is 5.84 Å². The second-order valence-corrected chi connectivity index (χ2v) is 0.285. The first-order valence-corrected chi connectivity index (χ1v) is 0.623. The summed E-state index contributed by atoms with van der Waals surface area (Å²) in [6, 6.07) is 0. The predicted molar refractivity (Wildman–Crippen MR) is 11.2 cm³/mol. The van der Waals surface area contributed by atoms with Crippen LogP contribution < -0.4 is 5.84 Å². The molecule has 0 heterocycles. The maximum absolute atomic E-state index is 8.58. The van der Waals surface area contributed by atoms with Gasteiger partial charge in [0.25, 0.3) is 0 Å². The van der Waals surface area contributed by atoms with Gasteiger partial charge in [0.15, 0.2) is 5.03 Å². The van der Waals surface area contributed by atoms with Crippen LogP contribution in [0, 0.1) is 10.1 Å². The molecule has 0 aromatic heterocycles. The van der Waals surface area contributed by atoms with Gasteiger partial charge in [0.2, 0.25) is 0 Å². The van der Waals surface area contributed by atoms with Crippen LogP contribution in [0.2, 0.25) is 0 Å². The van der Waals surface area contributed by atoms with Crippen molar-refractivity contribution in [1.29, 1.82) is 0 Å². The molecule has 0 rings (SSSR count). The van der Waals surface area contributed by atoms with Crippen LogP contribution in [0.15, 0.2) is 0 Å². The van der Waals surface area contributed by atoms with Gasteiger partial charge in [0.05, 0.1) is 0 Å². The van der Waals surface area contributed by atoms with Crippen LogP contribution in [0.4, 0.5) is 0 Å². The zero-order chi connectivity index (χ0) is 3.58. The Morgan fingerprint density at radius 1 is 1.80 bits per heavy atom. The average Bonchev–Trinajstić information content (AvgIpc) is 0.811. The molecule has 0 aromatic carbocycles. The maximum atomic E-state index is 8.58. The molecule has 4 nitrogen and oxygen atoms in total. The van der Waals surface area contributed by atoms with Crippen molar-refractivity contribution in [3.63, 3.8) is 0 Å². The van der Waals surface area contributed by atoms with Crippen molar-refractivity contribution in [2.45, 2.75) is 0 Å². The largest absolute Gasteiger partial charge is 0.235 e. The van der Waals surface area contributed by atoms with E-state index < -0.39 is 5.03 Å². The maximum Gasteiger partial charge on any atom is 0.154 e. The molecule has 0 aliphatic heterocycles. The van der Waals surface area contributed by atoms with E-state index in [-0.39, 0.29) is 17.1 Å². The summed E-state index contributed by atoms with van der Waals surface area (Å²) in [6.07, 6.45) is 0. The molecule has 5 heteroatoms. The van der Waals surface area contributed by atoms with E-state index in [0.717, 1.165) is 0 Å². The van der Waals surface area contributed by atoms with Crippen molar-refractivity contribution in [1.82, 2.24) is 0 Å². The van der Waals surface area contributed by atoms with Crippen LogP contribution in [0.1, 0.15) is 0 Å². The molecule has 0 unspecified atom stereocenters. The third kappa shape index (κ3) is 140. The summed E-state index contributed by atoms with van der Waals surface area (Å²) in [5.74, 6) is 3.83. The first kappa shape index (κ1) is 8.83. The molecule has 0 amide bonds. The van der Waals surface area contributed by atoms with Gasteiger partial charge in [-0.05, 0) is 0 Å². The zero-order valence-corrected chi connectivity index (χ0v) is 3.30. The molecule has 0 radical (unpaired) electrons. The number of hydrogen-bond acceptors (Lipinski definition) is 2. The summed E-state index contributed by atoms with van der Waals surface area (Å²) in [7, 11) is 0. The molecule has 0 atom stereocenters. The molecule has 0 aliphatic rings. The van der Waals surface area contributed by atoms with Crippen LogP contribution >= 0.6 is 0 Å². The van der Waals surface area contributed by atoms with Gasteiger partial charge in [0.1, 0.15) is 0 Å². The minimum absolute atomic E-state index is 0. The Balaban J connectivity index is 0. The molecule has 0 aromatic rings. The fraction of sp³-hybridized carbons (Fsp3) is 0. The fourth-order valence-electron chi connectivity index (χ4n) is 0. The summed E-state index contributed by atoms with van der Waals surface area (Å²) in [5, 5.41) is 7.58. The van der Waals surface area contributed by atoms with Gasteiger partial charge < -0.3 is 0 Å². The summed E-state index contributed by atoms with van der Waals surface area (Å²) in [4.78, 5) is 8.58. The number of hydrazine groups is 1. The normalized spacial score (nSPS) is 4.80. The topological polar surface area (TPSA) is 69.2 Å². The van der Waals surface area contributed by atoms with Crippen molar-refractivity contribution in [3.8, 4) is 0 Å². The Morgan fingerprint density at radius 3 is 1.80 bits per heavy atom. The van der Waals surface area contributed by atoms with Gasteiger partial charge in [0, 0.05) is 17.1 Å². The van der Waals surface area contributed by atoms with E-state index in [9.17, 15) is 0 Å². The van der Waals surface area contributed by atoms with Crippen molar-refractivity contribution in [2.75, 3.05) is 0 Å². The van der Waals surface area contributed by atoms with E-state index in [2.05, 4.69) is 5.84 Å². The molecular weight excluding hydrogens is 116 g/mol. The van der Waals surface area contributed by atoms with Gasteiger partial charge in [-0.25, -0.2) is 10.1 Å². The summed E-state index contributed by atoms with van der Waals surface area (Å²) in [6.45, 7) is 0. The average molecular weight is 118 g/mol. The van der Waals surface area contributed by atoms with Crippen LogP contribution in [-0.4, -0.2) is 5.03 Å². The molecule has 0 spiro atoms. The molecular formula is H2FeN2O2. The summed E-state index contributed by atoms with van der Waals surface area (Å²) >= 11 is 0. The van der Waals surface area contributed by atoms with Crippen molar-refractivity contribution < 1.29 is 22.1 Å². The molecule has 0 bridgehead atoms. The van der Waals surface area contributed by atoms with E-state index in [1.807, 2.05) is 0 Å². The Morgan fingerprint density at radius 2 is 1.80 bits per heavy atom. The van der Waals surface area contributed by atoms with Crippen LogP contribution in [0.5, 0.6) is 0 Å². The molecule has 0 aliphatic carbocycles. The number of hydrogen-bond donors (Lipinski definition) is 1. The van der Waals surface area contributed by atoms with Gasteiger partial charge >= 0.3 is 0 Å². The number of nitro groups is 1. The van der Waals surface area contributed by atoms with Gasteiger partial charge in [-0.3, -0.25) is 0 Å². The number of nitrogens with zero attached hydrogens (tertiary/aromatic N) is 1. The third-order valence-electron chi connectivity index (χ3n) is 0. The molecule has 0 fully saturated rings. The number of rotatable bonds is 0. The second-order valence-electron chi connectivity index (χ2n) is 0.285. The van der Waals surface area contributed by atoms with E-state index in [0.29, 0.717) is 0 Å². The van der Waals surface area contributed by atoms with E-state index in [1.54, 1.807) is 0 Å². The van der Waals surface area contributed by atoms with E-state index >= 15 is 0 Å². The van der Waals surface area contributed by atoms with Gasteiger partial charge in [-0.1, -0.05) is 0 Å². The quantitative estimate of drug-likeness (QED) is 0.194. The first-order valence-electron chi connectivity index (χ1n) is 0.623. The SMILES string of the molecule is N[N+](=O)[O-].[Fe]. The predicted octanol–water partition coefficient (Wildman–Crippen LogP) is -0.866. The smallest absolute Gasteiger partial charge is 0.154 e. The Kier molecular flexibility index (Phi) is 6.57. The van der Waals surface area contributed by atoms with Gasteiger partial charge in [-0.15, -0.1) is 0 Å². The summed E-state index contributed by atoms with van der Waals surface area (Å²) < 4.78 is 0.